The van der Waals surface area contributed by atoms with Crippen LogP contribution in [-0.4, -0.2) is 37.1 Å². The summed E-state index contributed by atoms with van der Waals surface area (Å²) in [6, 6.07) is 9.88. The molecular weight excluding hydrogens is 224 g/mol. The van der Waals surface area contributed by atoms with Crippen molar-refractivity contribution in [2.24, 2.45) is 0 Å². The fourth-order valence-electron chi connectivity index (χ4n) is 2.44. The minimum atomic E-state index is 0.122. The van der Waals surface area contributed by atoms with Gasteiger partial charge in [0.1, 0.15) is 0 Å². The molecule has 1 aliphatic heterocycles. The second kappa shape index (κ2) is 6.01. The molecule has 1 fully saturated rings. The van der Waals surface area contributed by atoms with Gasteiger partial charge in [0, 0.05) is 32.2 Å². The van der Waals surface area contributed by atoms with Gasteiger partial charge in [-0.3, -0.25) is 9.69 Å². The van der Waals surface area contributed by atoms with Crippen molar-refractivity contribution in [1.29, 1.82) is 0 Å². The normalized spacial score (nSPS) is 18.7. The Balaban J connectivity index is 2.06. The quantitative estimate of drug-likeness (QED) is 0.814. The highest BCUT2D eigenvalue weighted by Gasteiger charge is 2.20. The van der Waals surface area contributed by atoms with Crippen LogP contribution in [0.2, 0.25) is 0 Å². The van der Waals surface area contributed by atoms with Crippen molar-refractivity contribution < 1.29 is 0 Å². The van der Waals surface area contributed by atoms with E-state index in [0.29, 0.717) is 6.04 Å². The topological polar surface area (TPSA) is 23.6 Å². The summed E-state index contributed by atoms with van der Waals surface area (Å²) in [7, 11) is 0. The molecule has 98 valence electrons. The molecule has 0 amide bonds. The first kappa shape index (κ1) is 13.1. The van der Waals surface area contributed by atoms with E-state index in [4.69, 9.17) is 0 Å². The summed E-state index contributed by atoms with van der Waals surface area (Å²) in [5.41, 5.74) is 0.959. The second-order valence-electron chi connectivity index (χ2n) is 4.94. The molecule has 3 heteroatoms. The summed E-state index contributed by atoms with van der Waals surface area (Å²) < 4.78 is 0. The lowest BCUT2D eigenvalue weighted by Crippen LogP contribution is -2.50. The Kier molecular flexibility index (Phi) is 4.37. The average Bonchev–Trinajstić information content (AvgIpc) is 2.63. The van der Waals surface area contributed by atoms with Crippen LogP contribution < -0.4 is 10.3 Å². The van der Waals surface area contributed by atoms with Crippen molar-refractivity contribution in [3.63, 3.8) is 0 Å². The highest BCUT2D eigenvalue weighted by molar-refractivity contribution is 5.45. The van der Waals surface area contributed by atoms with Crippen molar-refractivity contribution in [3.8, 4) is 0 Å². The van der Waals surface area contributed by atoms with Crippen LogP contribution in [0.15, 0.2) is 35.1 Å². The van der Waals surface area contributed by atoms with E-state index in [9.17, 15) is 4.79 Å². The Morgan fingerprint density at radius 1 is 1.11 bits per heavy atom. The monoisotopic (exact) mass is 246 g/mol. The Hall–Kier alpha value is -1.35. The van der Waals surface area contributed by atoms with Crippen molar-refractivity contribution >= 4 is 5.69 Å². The fraction of sp³-hybridized carbons (Fsp3) is 0.533. The second-order valence-corrected chi connectivity index (χ2v) is 4.94. The Bertz CT molecular complexity index is 439. The number of anilines is 1. The Morgan fingerprint density at radius 2 is 1.78 bits per heavy atom. The summed E-state index contributed by atoms with van der Waals surface area (Å²) in [5.74, 6) is 0. The zero-order valence-corrected chi connectivity index (χ0v) is 11.3. The molecule has 0 aromatic heterocycles. The summed E-state index contributed by atoms with van der Waals surface area (Å²) >= 11 is 0. The third kappa shape index (κ3) is 2.91. The molecule has 0 saturated carbocycles. The Morgan fingerprint density at radius 3 is 2.44 bits per heavy atom. The first-order valence-corrected chi connectivity index (χ1v) is 6.80. The van der Waals surface area contributed by atoms with Crippen molar-refractivity contribution in [2.45, 2.75) is 26.3 Å². The number of rotatable bonds is 3. The first-order chi connectivity index (χ1) is 8.72. The van der Waals surface area contributed by atoms with E-state index < -0.39 is 0 Å². The van der Waals surface area contributed by atoms with Gasteiger partial charge >= 0.3 is 0 Å². The van der Waals surface area contributed by atoms with Gasteiger partial charge in [0.2, 0.25) is 5.43 Å². The predicted octanol–water partition coefficient (Wildman–Crippen LogP) is 1.97. The molecule has 1 saturated heterocycles. The van der Waals surface area contributed by atoms with Crippen LogP contribution in [-0.2, 0) is 0 Å². The van der Waals surface area contributed by atoms with Crippen LogP contribution in [0.5, 0.6) is 0 Å². The van der Waals surface area contributed by atoms with Gasteiger partial charge in [0.15, 0.2) is 0 Å². The highest BCUT2D eigenvalue weighted by atomic mass is 16.1. The van der Waals surface area contributed by atoms with Crippen LogP contribution >= 0.6 is 0 Å². The highest BCUT2D eigenvalue weighted by Crippen LogP contribution is 2.13. The maximum absolute atomic E-state index is 11.9. The number of piperazine rings is 1. The molecule has 18 heavy (non-hydrogen) atoms. The fourth-order valence-corrected chi connectivity index (χ4v) is 2.44. The molecule has 1 aromatic rings. The van der Waals surface area contributed by atoms with Crippen LogP contribution in [0, 0.1) is 0 Å². The maximum Gasteiger partial charge on any atom is 0.201 e. The van der Waals surface area contributed by atoms with E-state index in [1.807, 2.05) is 18.2 Å². The van der Waals surface area contributed by atoms with Gasteiger partial charge in [-0.15, -0.1) is 0 Å². The van der Waals surface area contributed by atoms with Crippen molar-refractivity contribution in [1.82, 2.24) is 4.90 Å². The molecule has 0 radical (unpaired) electrons. The molecule has 1 aromatic carbocycles. The van der Waals surface area contributed by atoms with E-state index in [-0.39, 0.29) is 5.43 Å². The standard InChI is InChI=1S/C15H22N2O/c1-3-13(2)16-9-11-17(12-10-16)14-7-5-4-6-8-15(14)18/h4-8,13H,3,9-12H2,1-2H3. The lowest BCUT2D eigenvalue weighted by molar-refractivity contribution is 0.193. The van der Waals surface area contributed by atoms with Gasteiger partial charge in [-0.25, -0.2) is 0 Å². The minimum Gasteiger partial charge on any atom is -0.366 e. The summed E-state index contributed by atoms with van der Waals surface area (Å²) in [5, 5.41) is 0. The van der Waals surface area contributed by atoms with E-state index in [1.54, 1.807) is 12.1 Å². The third-order valence-electron chi connectivity index (χ3n) is 3.85. The maximum atomic E-state index is 11.9. The smallest absolute Gasteiger partial charge is 0.201 e. The van der Waals surface area contributed by atoms with Crippen LogP contribution in [0.1, 0.15) is 20.3 Å². The first-order valence-electron chi connectivity index (χ1n) is 6.80. The summed E-state index contributed by atoms with van der Waals surface area (Å²) in [6.07, 6.45) is 1.19. The van der Waals surface area contributed by atoms with E-state index in [0.717, 1.165) is 31.9 Å². The van der Waals surface area contributed by atoms with Crippen LogP contribution in [0.3, 0.4) is 0 Å². The zero-order valence-electron chi connectivity index (χ0n) is 11.3. The van der Waals surface area contributed by atoms with E-state index in [1.165, 1.54) is 6.42 Å². The molecule has 0 N–H and O–H groups in total. The molecule has 3 nitrogen and oxygen atoms in total. The number of hydrogen-bond acceptors (Lipinski definition) is 3. The minimum absolute atomic E-state index is 0.122. The third-order valence-corrected chi connectivity index (χ3v) is 3.85. The molecule has 0 bridgehead atoms. The van der Waals surface area contributed by atoms with Gasteiger partial charge in [0.05, 0.1) is 5.69 Å². The van der Waals surface area contributed by atoms with Crippen molar-refractivity contribution in [3.05, 3.63) is 40.6 Å². The molecule has 2 rings (SSSR count). The lowest BCUT2D eigenvalue weighted by atomic mass is 10.2. The molecule has 1 heterocycles. The van der Waals surface area contributed by atoms with E-state index in [2.05, 4.69) is 23.6 Å². The molecule has 0 spiro atoms. The predicted molar refractivity (Wildman–Crippen MR) is 76.3 cm³/mol. The molecule has 1 atom stereocenters. The Labute approximate surface area is 109 Å². The number of nitrogens with zero attached hydrogens (tertiary/aromatic N) is 2. The molecule has 1 unspecified atom stereocenters. The zero-order chi connectivity index (χ0) is 13.0. The number of hydrogen-bond donors (Lipinski definition) is 0. The molecule has 0 aliphatic carbocycles. The van der Waals surface area contributed by atoms with Crippen molar-refractivity contribution in [2.75, 3.05) is 31.1 Å². The average molecular weight is 246 g/mol. The van der Waals surface area contributed by atoms with Gasteiger partial charge < -0.3 is 4.90 Å². The van der Waals surface area contributed by atoms with E-state index >= 15 is 0 Å². The summed E-state index contributed by atoms with van der Waals surface area (Å²) in [6.45, 7) is 8.49. The molecular formula is C15H22N2O. The van der Waals surface area contributed by atoms with Gasteiger partial charge in [-0.2, -0.15) is 0 Å². The van der Waals surface area contributed by atoms with Crippen LogP contribution in [0.4, 0.5) is 5.69 Å². The molecule has 1 aliphatic rings. The lowest BCUT2D eigenvalue weighted by Gasteiger charge is -2.38. The van der Waals surface area contributed by atoms with Gasteiger partial charge in [0.25, 0.3) is 0 Å². The SMILES string of the molecule is CCC(C)N1CCN(c2cccccc2=O)CC1. The van der Waals surface area contributed by atoms with Crippen LogP contribution in [0.25, 0.3) is 0 Å². The largest absolute Gasteiger partial charge is 0.366 e. The van der Waals surface area contributed by atoms with Gasteiger partial charge in [-0.1, -0.05) is 25.1 Å². The summed E-state index contributed by atoms with van der Waals surface area (Å²) in [4.78, 5) is 16.6. The van der Waals surface area contributed by atoms with Gasteiger partial charge in [-0.05, 0) is 25.5 Å².